The highest BCUT2D eigenvalue weighted by atomic mass is 16.5. The van der Waals surface area contributed by atoms with Crippen molar-refractivity contribution >= 4 is 17.7 Å². The Hall–Kier alpha value is -3.64. The number of fused-ring (bicyclic) bond motifs is 4. The summed E-state index contributed by atoms with van der Waals surface area (Å²) in [6.45, 7) is 8.51. The molecule has 2 N–H and O–H groups in total. The van der Waals surface area contributed by atoms with Crippen LogP contribution in [-0.4, -0.2) is 121 Å². The fraction of sp³-hybridized carbons (Fsp3) is 0.586. The molecule has 3 heterocycles. The maximum Gasteiger partial charge on any atom is 0.242 e. The van der Waals surface area contributed by atoms with E-state index in [9.17, 15) is 14.4 Å². The number of carbonyl (C=O) groups is 3. The topological polar surface area (TPSA) is 121 Å². The molecule has 0 spiro atoms. The van der Waals surface area contributed by atoms with Gasteiger partial charge in [0.15, 0.2) is 11.5 Å². The SMILES string of the molecule is COc1ccc2cc1OCCN(C(=O)CN1CCCN(C)CC1)CC(=O)N[C@H](C(C)C)C(=O)NCCn1ccnc1-2. The lowest BCUT2D eigenvalue weighted by Crippen LogP contribution is -2.53. The Labute approximate surface area is 242 Å². The fourth-order valence-electron chi connectivity index (χ4n) is 5.12. The fourth-order valence-corrected chi connectivity index (χ4v) is 5.12. The zero-order valence-electron chi connectivity index (χ0n) is 24.6. The number of rotatable bonds is 4. The number of hydrogen-bond donors (Lipinski definition) is 2. The highest BCUT2D eigenvalue weighted by Crippen LogP contribution is 2.32. The molecule has 0 saturated carbocycles. The Morgan fingerprint density at radius 1 is 1.15 bits per heavy atom. The van der Waals surface area contributed by atoms with Crippen LogP contribution in [0, 0.1) is 5.92 Å². The average Bonchev–Trinajstić information content (AvgIpc) is 3.32. The molecule has 1 aromatic heterocycles. The minimum atomic E-state index is -0.728. The second-order valence-electron chi connectivity index (χ2n) is 11.0. The van der Waals surface area contributed by atoms with Gasteiger partial charge >= 0.3 is 0 Å². The van der Waals surface area contributed by atoms with Crippen LogP contribution in [0.3, 0.4) is 0 Å². The molecule has 1 saturated heterocycles. The number of carbonyl (C=O) groups excluding carboxylic acids is 3. The normalized spacial score (nSPS) is 20.3. The summed E-state index contributed by atoms with van der Waals surface area (Å²) in [6.07, 6.45) is 4.55. The van der Waals surface area contributed by atoms with Crippen molar-refractivity contribution in [2.24, 2.45) is 5.92 Å². The highest BCUT2D eigenvalue weighted by molar-refractivity contribution is 5.90. The van der Waals surface area contributed by atoms with Gasteiger partial charge in [0.1, 0.15) is 18.5 Å². The van der Waals surface area contributed by atoms with Crippen molar-refractivity contribution in [3.8, 4) is 22.9 Å². The third-order valence-corrected chi connectivity index (χ3v) is 7.53. The molecule has 12 nitrogen and oxygen atoms in total. The Morgan fingerprint density at radius 2 is 1.98 bits per heavy atom. The second-order valence-corrected chi connectivity index (χ2v) is 11.0. The molecular formula is C29H43N7O5. The van der Waals surface area contributed by atoms with Crippen LogP contribution in [0.2, 0.25) is 0 Å². The molecule has 2 aliphatic rings. The largest absolute Gasteiger partial charge is 0.493 e. The molecule has 3 amide bonds. The van der Waals surface area contributed by atoms with E-state index >= 15 is 0 Å². The number of benzene rings is 1. The average molecular weight is 570 g/mol. The van der Waals surface area contributed by atoms with Gasteiger partial charge in [-0.1, -0.05) is 13.8 Å². The molecule has 1 atom stereocenters. The lowest BCUT2D eigenvalue weighted by atomic mass is 10.0. The van der Waals surface area contributed by atoms with E-state index in [-0.39, 0.29) is 49.9 Å². The molecule has 0 aliphatic carbocycles. The Morgan fingerprint density at radius 3 is 2.76 bits per heavy atom. The van der Waals surface area contributed by atoms with Crippen molar-refractivity contribution in [2.45, 2.75) is 32.9 Å². The number of imidazole rings is 1. The predicted octanol–water partition coefficient (Wildman–Crippen LogP) is 0.674. The van der Waals surface area contributed by atoms with Gasteiger partial charge in [0.2, 0.25) is 17.7 Å². The molecule has 2 aliphatic heterocycles. The van der Waals surface area contributed by atoms with Crippen molar-refractivity contribution in [1.82, 2.24) is 34.9 Å². The summed E-state index contributed by atoms with van der Waals surface area (Å²) >= 11 is 0. The number of aromatic nitrogens is 2. The lowest BCUT2D eigenvalue weighted by molar-refractivity contribution is -0.138. The Bertz CT molecular complexity index is 1200. The molecular weight excluding hydrogens is 526 g/mol. The first-order valence-electron chi connectivity index (χ1n) is 14.3. The van der Waals surface area contributed by atoms with Gasteiger partial charge in [0.25, 0.3) is 0 Å². The third kappa shape index (κ3) is 8.20. The van der Waals surface area contributed by atoms with Crippen LogP contribution in [0.15, 0.2) is 30.6 Å². The molecule has 4 rings (SSSR count). The number of nitrogens with one attached hydrogen (secondary N) is 2. The van der Waals surface area contributed by atoms with Gasteiger partial charge in [-0.15, -0.1) is 0 Å². The summed E-state index contributed by atoms with van der Waals surface area (Å²) in [6, 6.07) is 4.85. The Balaban J connectivity index is 1.58. The number of likely N-dealkylation sites (N-methyl/N-ethyl adjacent to an activating group) is 1. The van der Waals surface area contributed by atoms with Crippen LogP contribution in [0.1, 0.15) is 20.3 Å². The molecule has 1 fully saturated rings. The van der Waals surface area contributed by atoms with E-state index in [0.29, 0.717) is 24.6 Å². The molecule has 224 valence electrons. The van der Waals surface area contributed by atoms with Crippen molar-refractivity contribution < 1.29 is 23.9 Å². The van der Waals surface area contributed by atoms with Crippen molar-refractivity contribution in [3.63, 3.8) is 0 Å². The highest BCUT2D eigenvalue weighted by Gasteiger charge is 2.27. The molecule has 41 heavy (non-hydrogen) atoms. The molecule has 12 heteroatoms. The molecule has 0 unspecified atom stereocenters. The maximum absolute atomic E-state index is 13.5. The number of methoxy groups -OCH3 is 1. The Kier molecular flexibility index (Phi) is 10.6. The molecule has 2 bridgehead atoms. The summed E-state index contributed by atoms with van der Waals surface area (Å²) in [5, 5.41) is 5.80. The van der Waals surface area contributed by atoms with Crippen LogP contribution in [0.25, 0.3) is 11.4 Å². The van der Waals surface area contributed by atoms with Crippen LogP contribution in [0.4, 0.5) is 0 Å². The van der Waals surface area contributed by atoms with Crippen molar-refractivity contribution in [2.75, 3.05) is 73.1 Å². The number of nitrogens with zero attached hydrogens (tertiary/aromatic N) is 5. The van der Waals surface area contributed by atoms with E-state index < -0.39 is 6.04 Å². The van der Waals surface area contributed by atoms with Crippen LogP contribution in [-0.2, 0) is 20.9 Å². The summed E-state index contributed by atoms with van der Waals surface area (Å²) in [5.74, 6) is 0.861. The van der Waals surface area contributed by atoms with Crippen LogP contribution < -0.4 is 20.1 Å². The number of amides is 3. The van der Waals surface area contributed by atoms with E-state index in [0.717, 1.165) is 44.0 Å². The van der Waals surface area contributed by atoms with Gasteiger partial charge in [-0.05, 0) is 50.7 Å². The first-order chi connectivity index (χ1) is 19.7. The first-order valence-corrected chi connectivity index (χ1v) is 14.3. The minimum Gasteiger partial charge on any atom is -0.493 e. The van der Waals surface area contributed by atoms with Crippen molar-refractivity contribution in [1.29, 1.82) is 0 Å². The quantitative estimate of drug-likeness (QED) is 0.552. The standard InChI is InChI=1S/C29H43N7O5/c1-21(2)27-29(39)31-9-13-35-12-8-30-28(35)22-6-7-23(40-4)24(18-22)41-17-16-36(19-25(37)32-27)26(38)20-34-11-5-10-33(3)14-15-34/h6-8,12,18,21,27H,5,9-11,13-17,19-20H2,1-4H3,(H,31,39)(H,32,37)/t27-/m1/s1. The molecule has 1 aromatic carbocycles. The van der Waals surface area contributed by atoms with E-state index in [1.807, 2.05) is 42.8 Å². The van der Waals surface area contributed by atoms with E-state index in [2.05, 4.69) is 32.5 Å². The summed E-state index contributed by atoms with van der Waals surface area (Å²) in [4.78, 5) is 50.2. The predicted molar refractivity (Wildman–Crippen MR) is 155 cm³/mol. The van der Waals surface area contributed by atoms with Crippen LogP contribution in [0.5, 0.6) is 11.5 Å². The van der Waals surface area contributed by atoms with Gasteiger partial charge in [-0.25, -0.2) is 4.98 Å². The maximum atomic E-state index is 13.5. The van der Waals surface area contributed by atoms with Gasteiger partial charge in [-0.2, -0.15) is 0 Å². The monoisotopic (exact) mass is 569 g/mol. The van der Waals surface area contributed by atoms with E-state index in [1.54, 1.807) is 13.3 Å². The minimum absolute atomic E-state index is 0.139. The van der Waals surface area contributed by atoms with E-state index in [4.69, 9.17) is 9.47 Å². The second kappa shape index (κ2) is 14.3. The number of ether oxygens (including phenoxy) is 2. The number of hydrogen-bond acceptors (Lipinski definition) is 8. The zero-order valence-corrected chi connectivity index (χ0v) is 24.6. The summed E-state index contributed by atoms with van der Waals surface area (Å²) in [7, 11) is 3.66. The zero-order chi connectivity index (χ0) is 29.4. The lowest BCUT2D eigenvalue weighted by Gasteiger charge is -2.28. The first kappa shape index (κ1) is 30.3. The molecule has 2 aromatic rings. The van der Waals surface area contributed by atoms with E-state index in [1.165, 1.54) is 4.90 Å². The molecule has 0 radical (unpaired) electrons. The van der Waals surface area contributed by atoms with Crippen molar-refractivity contribution in [3.05, 3.63) is 30.6 Å². The summed E-state index contributed by atoms with van der Waals surface area (Å²) in [5.41, 5.74) is 0.831. The smallest absolute Gasteiger partial charge is 0.242 e. The van der Waals surface area contributed by atoms with Gasteiger partial charge in [0.05, 0.1) is 26.7 Å². The van der Waals surface area contributed by atoms with Crippen LogP contribution >= 0.6 is 0 Å². The van der Waals surface area contributed by atoms with Gasteiger partial charge < -0.3 is 34.5 Å². The third-order valence-electron chi connectivity index (χ3n) is 7.53. The van der Waals surface area contributed by atoms with Gasteiger partial charge in [-0.3, -0.25) is 19.3 Å². The summed E-state index contributed by atoms with van der Waals surface area (Å²) < 4.78 is 13.6. The van der Waals surface area contributed by atoms with Gasteiger partial charge in [0, 0.05) is 44.1 Å².